The Morgan fingerprint density at radius 3 is 1.92 bits per heavy atom. The first-order valence-electron chi connectivity index (χ1n) is 21.4. The topological polar surface area (TPSA) is 6.48 Å². The third-order valence-corrected chi connectivity index (χ3v) is 14.2. The van der Waals surface area contributed by atoms with Gasteiger partial charge in [-0.15, -0.1) is 11.3 Å². The maximum absolute atomic E-state index is 2.49. The molecule has 12 rings (SSSR count). The van der Waals surface area contributed by atoms with E-state index in [0.29, 0.717) is 0 Å². The zero-order chi connectivity index (χ0) is 41.4. The van der Waals surface area contributed by atoms with Crippen molar-refractivity contribution in [3.8, 4) is 22.3 Å². The highest BCUT2D eigenvalue weighted by Gasteiger charge is 2.32. The molecule has 0 fully saturated rings. The molecular weight excluding hydrogens is 769 g/mol. The van der Waals surface area contributed by atoms with Crippen LogP contribution in [0.25, 0.3) is 64.0 Å². The average molecular weight is 811 g/mol. The number of para-hydroxylation sites is 1. The van der Waals surface area contributed by atoms with Crippen molar-refractivity contribution in [2.45, 2.75) is 19.3 Å². The van der Waals surface area contributed by atoms with Crippen LogP contribution in [0.15, 0.2) is 218 Å². The number of hydrogen-bond donors (Lipinski definition) is 0. The summed E-state index contributed by atoms with van der Waals surface area (Å²) in [5.74, 6) is 0. The maximum Gasteiger partial charge on any atom is 0.0546 e. The van der Waals surface area contributed by atoms with E-state index >= 15 is 0 Å². The van der Waals surface area contributed by atoms with E-state index in [1.165, 1.54) is 75.1 Å². The van der Waals surface area contributed by atoms with Gasteiger partial charge in [-0.05, 0) is 134 Å². The monoisotopic (exact) mass is 810 g/mol. The summed E-state index contributed by atoms with van der Waals surface area (Å²) in [6.07, 6.45) is 0. The quantitative estimate of drug-likeness (QED) is 0.171. The number of thiophene rings is 1. The van der Waals surface area contributed by atoms with E-state index in [1.54, 1.807) is 0 Å². The van der Waals surface area contributed by atoms with Gasteiger partial charge in [-0.2, -0.15) is 0 Å². The minimum absolute atomic E-state index is 0.414. The van der Waals surface area contributed by atoms with Crippen LogP contribution in [0.4, 0.5) is 34.1 Å². The molecule has 0 aliphatic carbocycles. The highest BCUT2D eigenvalue weighted by molar-refractivity contribution is 7.25. The second-order valence-electron chi connectivity index (χ2n) is 17.0. The molecule has 2 heterocycles. The molecule has 10 aromatic carbocycles. The summed E-state index contributed by atoms with van der Waals surface area (Å²) in [4.78, 5) is 4.96. The van der Waals surface area contributed by atoms with E-state index in [1.807, 2.05) is 11.3 Å². The molecule has 2 nitrogen and oxygen atoms in total. The van der Waals surface area contributed by atoms with Gasteiger partial charge in [0.25, 0.3) is 0 Å². The zero-order valence-corrected chi connectivity index (χ0v) is 35.4. The Morgan fingerprint density at radius 1 is 0.419 bits per heavy atom. The number of benzene rings is 10. The van der Waals surface area contributed by atoms with Crippen LogP contribution in [0, 0.1) is 0 Å². The molecule has 11 aromatic rings. The van der Waals surface area contributed by atoms with Crippen LogP contribution in [-0.4, -0.2) is 0 Å². The van der Waals surface area contributed by atoms with E-state index in [9.17, 15) is 0 Å². The lowest BCUT2D eigenvalue weighted by atomic mass is 9.76. The molecule has 0 unspecified atom stereocenters. The summed E-state index contributed by atoms with van der Waals surface area (Å²) in [7, 11) is 0. The molecule has 294 valence electrons. The van der Waals surface area contributed by atoms with Crippen LogP contribution < -0.4 is 9.80 Å². The lowest BCUT2D eigenvalue weighted by molar-refractivity contribution is 0.642. The SMILES string of the molecule is CC1(C)c2ccc3cccc(c3c2)-c2cc3ccccc3cc2N(c2ccc(-c3ccccc3)cc2)c2ccc(N(c3ccccc3)c3ccc4sc5ccccc5c4c3)c1c2. The molecule has 0 saturated heterocycles. The molecule has 1 aliphatic heterocycles. The van der Waals surface area contributed by atoms with E-state index in [4.69, 9.17) is 0 Å². The van der Waals surface area contributed by atoms with Crippen molar-refractivity contribution in [1.82, 2.24) is 0 Å². The van der Waals surface area contributed by atoms with Crippen molar-refractivity contribution in [2.75, 3.05) is 9.80 Å². The van der Waals surface area contributed by atoms with Crippen molar-refractivity contribution in [3.05, 3.63) is 230 Å². The van der Waals surface area contributed by atoms with Crippen LogP contribution in [0.1, 0.15) is 25.0 Å². The van der Waals surface area contributed by atoms with Crippen LogP contribution >= 0.6 is 11.3 Å². The van der Waals surface area contributed by atoms with Crippen LogP contribution in [0.3, 0.4) is 0 Å². The largest absolute Gasteiger partial charge is 0.310 e. The third kappa shape index (κ3) is 5.92. The molecule has 3 heteroatoms. The average Bonchev–Trinajstić information content (AvgIpc) is 3.70. The molecule has 4 bridgehead atoms. The minimum Gasteiger partial charge on any atom is -0.310 e. The molecule has 1 aromatic heterocycles. The van der Waals surface area contributed by atoms with Crippen LogP contribution in [0.5, 0.6) is 0 Å². The number of nitrogens with zero attached hydrogens (tertiary/aromatic N) is 2. The van der Waals surface area contributed by atoms with Gasteiger partial charge in [0.2, 0.25) is 0 Å². The van der Waals surface area contributed by atoms with Crippen LogP contribution in [-0.2, 0) is 5.41 Å². The second-order valence-corrected chi connectivity index (χ2v) is 18.1. The summed E-state index contributed by atoms with van der Waals surface area (Å²) in [5, 5.41) is 7.48. The predicted molar refractivity (Wildman–Crippen MR) is 267 cm³/mol. The van der Waals surface area contributed by atoms with Gasteiger partial charge >= 0.3 is 0 Å². The highest BCUT2D eigenvalue weighted by atomic mass is 32.1. The Balaban J connectivity index is 1.16. The molecule has 0 saturated carbocycles. The smallest absolute Gasteiger partial charge is 0.0546 e. The van der Waals surface area contributed by atoms with Crippen molar-refractivity contribution >= 4 is 87.2 Å². The summed E-state index contributed by atoms with van der Waals surface area (Å²) in [6, 6.07) is 81.0. The molecule has 0 radical (unpaired) electrons. The van der Waals surface area contributed by atoms with Crippen LogP contribution in [0.2, 0.25) is 0 Å². The minimum atomic E-state index is -0.414. The Hall–Kier alpha value is -7.46. The van der Waals surface area contributed by atoms with Crippen molar-refractivity contribution in [2.24, 2.45) is 0 Å². The molecule has 0 spiro atoms. The maximum atomic E-state index is 2.49. The van der Waals surface area contributed by atoms with Gasteiger partial charge in [0.05, 0.1) is 11.4 Å². The molecule has 1 aliphatic rings. The van der Waals surface area contributed by atoms with Gasteiger partial charge in [-0.3, -0.25) is 0 Å². The second kappa shape index (κ2) is 14.3. The number of rotatable bonds is 5. The first-order valence-corrected chi connectivity index (χ1v) is 22.2. The number of anilines is 6. The lowest BCUT2D eigenvalue weighted by Crippen LogP contribution is -2.24. The summed E-state index contributed by atoms with van der Waals surface area (Å²) >= 11 is 1.86. The van der Waals surface area contributed by atoms with Gasteiger partial charge in [0.1, 0.15) is 0 Å². The first-order chi connectivity index (χ1) is 30.5. The summed E-state index contributed by atoms with van der Waals surface area (Å²) in [6.45, 7) is 4.80. The molecule has 62 heavy (non-hydrogen) atoms. The molecule has 0 N–H and O–H groups in total. The highest BCUT2D eigenvalue weighted by Crippen LogP contribution is 2.51. The number of fused-ring (bicyclic) bond motifs is 9. The van der Waals surface area contributed by atoms with Crippen molar-refractivity contribution in [1.29, 1.82) is 0 Å². The Labute approximate surface area is 366 Å². The van der Waals surface area contributed by atoms with Gasteiger partial charge in [-0.25, -0.2) is 0 Å². The Morgan fingerprint density at radius 2 is 1.10 bits per heavy atom. The van der Waals surface area contributed by atoms with Gasteiger partial charge < -0.3 is 9.80 Å². The van der Waals surface area contributed by atoms with E-state index < -0.39 is 5.41 Å². The number of hydrogen-bond acceptors (Lipinski definition) is 3. The Kier molecular flexibility index (Phi) is 8.41. The zero-order valence-electron chi connectivity index (χ0n) is 34.6. The van der Waals surface area contributed by atoms with E-state index in [-0.39, 0.29) is 0 Å². The van der Waals surface area contributed by atoms with Crippen molar-refractivity contribution < 1.29 is 0 Å². The molecular formula is C59H42N2S. The Bertz CT molecular complexity index is 3490. The van der Waals surface area contributed by atoms with Gasteiger partial charge in [0, 0.05) is 53.9 Å². The van der Waals surface area contributed by atoms with E-state index in [2.05, 4.69) is 242 Å². The standard InChI is InChI=1S/C59H42N2S/c1-59(2)44-27-24-41-18-13-22-49(51(41)36-44)52-34-42-16-9-10-17-43(42)35-56(52)61(46-28-25-40(26-29-46)39-14-5-3-6-15-39)48-30-32-55(54(59)38-48)60(45-19-7-4-8-20-45)47-31-33-58-53(37-47)50-21-11-12-23-57(50)62-58/h3-38H,1-2H3. The van der Waals surface area contributed by atoms with Gasteiger partial charge in [-0.1, -0.05) is 147 Å². The predicted octanol–water partition coefficient (Wildman–Crippen LogP) is 17.3. The summed E-state index contributed by atoms with van der Waals surface area (Å²) in [5.41, 5.74) is 13.7. The fourth-order valence-electron chi connectivity index (χ4n) is 9.76. The normalized spacial score (nSPS) is 13.1. The first kappa shape index (κ1) is 36.4. The fraction of sp³-hybridized carbons (Fsp3) is 0.0508. The van der Waals surface area contributed by atoms with Crippen molar-refractivity contribution in [3.63, 3.8) is 0 Å². The molecule has 0 amide bonds. The molecule has 0 atom stereocenters. The van der Waals surface area contributed by atoms with Gasteiger partial charge in [0.15, 0.2) is 0 Å². The summed E-state index contributed by atoms with van der Waals surface area (Å²) < 4.78 is 2.60. The van der Waals surface area contributed by atoms with E-state index in [0.717, 1.165) is 34.1 Å². The third-order valence-electron chi connectivity index (χ3n) is 13.0. The lowest BCUT2D eigenvalue weighted by Gasteiger charge is -2.36. The fourth-order valence-corrected chi connectivity index (χ4v) is 10.8.